The Labute approximate surface area is 76.1 Å². The topological polar surface area (TPSA) is 24.1 Å². The summed E-state index contributed by atoms with van der Waals surface area (Å²) in [4.78, 5) is 0. The van der Waals surface area contributed by atoms with Crippen molar-refractivity contribution in [3.63, 3.8) is 0 Å². The van der Waals surface area contributed by atoms with E-state index in [2.05, 4.69) is 45.3 Å². The third-order valence-electron chi connectivity index (χ3n) is 2.70. The summed E-state index contributed by atoms with van der Waals surface area (Å²) >= 11 is 0. The molecule has 2 nitrogen and oxygen atoms in total. The average molecular weight is 170 g/mol. The molecular formula is C10H22N2. The Balaban J connectivity index is 2.70. The Bertz CT molecular complexity index is 165. The number of hydrogen-bond donors (Lipinski definition) is 2. The van der Waals surface area contributed by atoms with Gasteiger partial charge in [0.25, 0.3) is 0 Å². The van der Waals surface area contributed by atoms with Crippen LogP contribution in [0.4, 0.5) is 0 Å². The van der Waals surface area contributed by atoms with Crippen LogP contribution in [-0.2, 0) is 0 Å². The molecule has 1 aliphatic heterocycles. The largest absolute Gasteiger partial charge is 0.297 e. The molecule has 2 unspecified atom stereocenters. The maximum Gasteiger partial charge on any atom is 0.0661 e. The van der Waals surface area contributed by atoms with Gasteiger partial charge in [0.05, 0.1) is 5.66 Å². The van der Waals surface area contributed by atoms with Crippen LogP contribution in [0.3, 0.4) is 0 Å². The van der Waals surface area contributed by atoms with E-state index < -0.39 is 0 Å². The molecule has 0 aromatic carbocycles. The van der Waals surface area contributed by atoms with Crippen LogP contribution < -0.4 is 10.6 Å². The van der Waals surface area contributed by atoms with E-state index in [0.717, 1.165) is 6.42 Å². The lowest BCUT2D eigenvalue weighted by atomic mass is 9.88. The van der Waals surface area contributed by atoms with Crippen LogP contribution in [0.1, 0.15) is 47.5 Å². The second-order valence-corrected chi connectivity index (χ2v) is 4.94. The Morgan fingerprint density at radius 1 is 1.33 bits per heavy atom. The predicted molar refractivity (Wildman–Crippen MR) is 53.1 cm³/mol. The van der Waals surface area contributed by atoms with Gasteiger partial charge in [-0.25, -0.2) is 0 Å². The van der Waals surface area contributed by atoms with Gasteiger partial charge >= 0.3 is 0 Å². The van der Waals surface area contributed by atoms with Crippen molar-refractivity contribution in [2.75, 3.05) is 0 Å². The molecule has 0 aliphatic carbocycles. The van der Waals surface area contributed by atoms with Crippen LogP contribution in [0.25, 0.3) is 0 Å². The normalized spacial score (nSPS) is 41.2. The van der Waals surface area contributed by atoms with Crippen LogP contribution in [0, 0.1) is 0 Å². The number of rotatable bonds is 1. The zero-order chi connectivity index (χ0) is 9.41. The molecule has 0 spiro atoms. The Morgan fingerprint density at radius 2 is 1.92 bits per heavy atom. The quantitative estimate of drug-likeness (QED) is 0.627. The van der Waals surface area contributed by atoms with E-state index in [1.807, 2.05) is 0 Å². The van der Waals surface area contributed by atoms with Gasteiger partial charge in [0.2, 0.25) is 0 Å². The predicted octanol–water partition coefficient (Wildman–Crippen LogP) is 1.86. The van der Waals surface area contributed by atoms with Crippen molar-refractivity contribution in [1.82, 2.24) is 10.6 Å². The van der Waals surface area contributed by atoms with Crippen molar-refractivity contribution in [2.45, 2.75) is 64.7 Å². The molecule has 1 rings (SSSR count). The molecule has 0 aromatic rings. The van der Waals surface area contributed by atoms with E-state index in [0.29, 0.717) is 6.04 Å². The van der Waals surface area contributed by atoms with Crippen LogP contribution in [0.15, 0.2) is 0 Å². The molecule has 1 heterocycles. The minimum atomic E-state index is 0.126. The smallest absolute Gasteiger partial charge is 0.0661 e. The fraction of sp³-hybridized carbons (Fsp3) is 1.00. The molecule has 72 valence electrons. The second kappa shape index (κ2) is 3.00. The first-order chi connectivity index (χ1) is 5.37. The van der Waals surface area contributed by atoms with Gasteiger partial charge in [-0.3, -0.25) is 10.6 Å². The molecule has 0 saturated carbocycles. The lowest BCUT2D eigenvalue weighted by Gasteiger charge is -2.48. The van der Waals surface area contributed by atoms with E-state index in [1.165, 1.54) is 6.42 Å². The molecule has 12 heavy (non-hydrogen) atoms. The number of hydrogen-bond acceptors (Lipinski definition) is 2. The lowest BCUT2D eigenvalue weighted by Crippen LogP contribution is -2.68. The van der Waals surface area contributed by atoms with Gasteiger partial charge in [-0.05, 0) is 40.5 Å². The van der Waals surface area contributed by atoms with Crippen LogP contribution >= 0.6 is 0 Å². The highest BCUT2D eigenvalue weighted by Crippen LogP contribution is 2.23. The Morgan fingerprint density at radius 3 is 2.33 bits per heavy atom. The van der Waals surface area contributed by atoms with Gasteiger partial charge in [-0.15, -0.1) is 0 Å². The fourth-order valence-electron chi connectivity index (χ4n) is 2.38. The zero-order valence-corrected chi connectivity index (χ0v) is 8.99. The first-order valence-electron chi connectivity index (χ1n) is 4.94. The van der Waals surface area contributed by atoms with Gasteiger partial charge in [0.15, 0.2) is 0 Å². The average Bonchev–Trinajstić information content (AvgIpc) is 1.82. The van der Waals surface area contributed by atoms with Crippen molar-refractivity contribution in [3.8, 4) is 0 Å². The minimum absolute atomic E-state index is 0.126. The van der Waals surface area contributed by atoms with Crippen LogP contribution in [0.2, 0.25) is 0 Å². The first-order valence-corrected chi connectivity index (χ1v) is 4.94. The standard InChI is InChI=1S/C10H22N2/c1-6-10(5)11-8(2)7-9(3,4)12-10/h8,11-12H,6-7H2,1-5H3. The molecule has 0 radical (unpaired) electrons. The highest BCUT2D eigenvalue weighted by molar-refractivity contribution is 4.97. The lowest BCUT2D eigenvalue weighted by molar-refractivity contribution is 0.112. The van der Waals surface area contributed by atoms with E-state index in [1.54, 1.807) is 0 Å². The van der Waals surface area contributed by atoms with Crippen molar-refractivity contribution in [2.24, 2.45) is 0 Å². The summed E-state index contributed by atoms with van der Waals surface area (Å²) in [5.41, 5.74) is 0.399. The van der Waals surface area contributed by atoms with Gasteiger partial charge in [0, 0.05) is 11.6 Å². The summed E-state index contributed by atoms with van der Waals surface area (Å²) in [5.74, 6) is 0. The first kappa shape index (κ1) is 10.0. The fourth-order valence-corrected chi connectivity index (χ4v) is 2.38. The van der Waals surface area contributed by atoms with Gasteiger partial charge in [-0.2, -0.15) is 0 Å². The summed E-state index contributed by atoms with van der Waals surface area (Å²) in [6.07, 6.45) is 2.32. The highest BCUT2D eigenvalue weighted by atomic mass is 15.3. The molecule has 0 amide bonds. The third-order valence-corrected chi connectivity index (χ3v) is 2.70. The maximum absolute atomic E-state index is 3.64. The van der Waals surface area contributed by atoms with Crippen molar-refractivity contribution < 1.29 is 0 Å². The summed E-state index contributed by atoms with van der Waals surface area (Å²) in [6.45, 7) is 11.3. The second-order valence-electron chi connectivity index (χ2n) is 4.94. The molecule has 1 aliphatic rings. The molecule has 2 N–H and O–H groups in total. The van der Waals surface area contributed by atoms with Crippen LogP contribution in [0.5, 0.6) is 0 Å². The third kappa shape index (κ3) is 2.20. The maximum atomic E-state index is 3.64. The molecule has 1 saturated heterocycles. The van der Waals surface area contributed by atoms with Crippen molar-refractivity contribution in [3.05, 3.63) is 0 Å². The molecule has 2 atom stereocenters. The Kier molecular flexibility index (Phi) is 2.50. The van der Waals surface area contributed by atoms with E-state index in [9.17, 15) is 0 Å². The minimum Gasteiger partial charge on any atom is -0.297 e. The van der Waals surface area contributed by atoms with Gasteiger partial charge in [0.1, 0.15) is 0 Å². The van der Waals surface area contributed by atoms with E-state index >= 15 is 0 Å². The van der Waals surface area contributed by atoms with Crippen molar-refractivity contribution >= 4 is 0 Å². The molecule has 0 aromatic heterocycles. The summed E-state index contributed by atoms with van der Waals surface area (Å²) in [7, 11) is 0. The highest BCUT2D eigenvalue weighted by Gasteiger charge is 2.36. The monoisotopic (exact) mass is 170 g/mol. The van der Waals surface area contributed by atoms with Crippen molar-refractivity contribution in [1.29, 1.82) is 0 Å². The van der Waals surface area contributed by atoms with E-state index in [-0.39, 0.29) is 11.2 Å². The summed E-state index contributed by atoms with van der Waals surface area (Å²) in [5, 5.41) is 7.22. The molecule has 1 fully saturated rings. The summed E-state index contributed by atoms with van der Waals surface area (Å²) < 4.78 is 0. The van der Waals surface area contributed by atoms with Gasteiger partial charge < -0.3 is 0 Å². The van der Waals surface area contributed by atoms with E-state index in [4.69, 9.17) is 0 Å². The number of nitrogens with one attached hydrogen (secondary N) is 2. The zero-order valence-electron chi connectivity index (χ0n) is 8.99. The molecule has 2 heteroatoms. The molecular weight excluding hydrogens is 148 g/mol. The summed E-state index contributed by atoms with van der Waals surface area (Å²) in [6, 6.07) is 0.617. The SMILES string of the molecule is CCC1(C)NC(C)CC(C)(C)N1. The van der Waals surface area contributed by atoms with Gasteiger partial charge in [-0.1, -0.05) is 6.92 Å². The molecule has 0 bridgehead atoms. The Hall–Kier alpha value is -0.0800. The van der Waals surface area contributed by atoms with Crippen LogP contribution in [-0.4, -0.2) is 17.2 Å².